The fraction of sp³-hybridized carbons (Fsp3) is 0.125. The van der Waals surface area contributed by atoms with Crippen molar-refractivity contribution >= 4 is 40.8 Å². The Kier molecular flexibility index (Phi) is 9.28. The molecular weight excluding hydrogens is 480 g/mol. The smallest absolute Gasteiger partial charge is 0.324 e. The molecule has 2 rings (SSSR count). The molecule has 2 amide bonds. The number of phenolic OH excluding ortho intramolecular Hbond substituents is 1. The van der Waals surface area contributed by atoms with Gasteiger partial charge < -0.3 is 32.0 Å². The zero-order valence-corrected chi connectivity index (χ0v) is 17.2. The molecule has 0 aliphatic heterocycles. The number of carboxylic acid groups (broad SMARTS) is 1. The van der Waals surface area contributed by atoms with Gasteiger partial charge in [0.2, 0.25) is 0 Å². The molecule has 35 heavy (non-hydrogen) atoms. The molecule has 0 atom stereocenters. The Balaban J connectivity index is 0.000000355. The maximum absolute atomic E-state index is 11.6. The largest absolute Gasteiger partial charge is 0.497 e. The summed E-state index contributed by atoms with van der Waals surface area (Å²) in [4.78, 5) is 66.8. The van der Waals surface area contributed by atoms with E-state index in [-0.39, 0.29) is 30.3 Å². The summed E-state index contributed by atoms with van der Waals surface area (Å²) in [7, 11) is 0. The second-order valence-electron chi connectivity index (χ2n) is 6.13. The van der Waals surface area contributed by atoms with E-state index in [4.69, 9.17) is 21.7 Å². The highest BCUT2D eigenvalue weighted by Gasteiger charge is 2.30. The predicted octanol–water partition coefficient (Wildman–Crippen LogP) is -0.250. The van der Waals surface area contributed by atoms with Gasteiger partial charge in [-0.2, -0.15) is 4.99 Å². The molecule has 1 aromatic carbocycles. The van der Waals surface area contributed by atoms with Crippen molar-refractivity contribution in [2.45, 2.75) is 6.42 Å². The summed E-state index contributed by atoms with van der Waals surface area (Å²) < 4.78 is 0. The predicted molar refractivity (Wildman–Crippen MR) is 114 cm³/mol. The number of benzene rings is 1. The number of H-pyrrole nitrogens is 1. The van der Waals surface area contributed by atoms with Gasteiger partial charge in [-0.25, -0.2) is 0 Å². The van der Waals surface area contributed by atoms with Crippen molar-refractivity contribution in [2.24, 2.45) is 16.5 Å². The number of aromatic hydroxyl groups is 1. The molecule has 0 aliphatic rings. The third-order valence-corrected chi connectivity index (χ3v) is 3.67. The van der Waals surface area contributed by atoms with E-state index in [2.05, 4.69) is 15.3 Å². The highest BCUT2D eigenvalue weighted by atomic mass is 16.6. The van der Waals surface area contributed by atoms with E-state index in [0.717, 1.165) is 0 Å². The van der Waals surface area contributed by atoms with Crippen LogP contribution in [0, 0.1) is 30.3 Å². The number of aliphatic imine (C=N–C) groups is 1. The van der Waals surface area contributed by atoms with Crippen molar-refractivity contribution < 1.29 is 39.4 Å². The van der Waals surface area contributed by atoms with E-state index >= 15 is 0 Å². The fourth-order valence-corrected chi connectivity index (χ4v) is 2.18. The molecule has 0 unspecified atom stereocenters. The minimum absolute atomic E-state index is 0.00956. The first-order valence-electron chi connectivity index (χ1n) is 8.87. The number of amides is 2. The van der Waals surface area contributed by atoms with Crippen molar-refractivity contribution in [2.75, 3.05) is 6.54 Å². The number of nitrogens with zero attached hydrogens (tertiary/aromatic N) is 4. The van der Waals surface area contributed by atoms with Crippen LogP contribution in [0.5, 0.6) is 5.75 Å². The summed E-state index contributed by atoms with van der Waals surface area (Å²) >= 11 is 0. The van der Waals surface area contributed by atoms with Gasteiger partial charge in [-0.15, -0.1) is 0 Å². The lowest BCUT2D eigenvalue weighted by Crippen LogP contribution is -2.26. The third kappa shape index (κ3) is 8.10. The molecule has 0 aliphatic carbocycles. The van der Waals surface area contributed by atoms with Crippen LogP contribution < -0.4 is 16.8 Å². The molecule has 0 bridgehead atoms. The van der Waals surface area contributed by atoms with Gasteiger partial charge in [0.1, 0.15) is 11.4 Å². The Hall–Kier alpha value is -5.62. The molecule has 0 fully saturated rings. The summed E-state index contributed by atoms with van der Waals surface area (Å²) in [6, 6.07) is 3.61. The summed E-state index contributed by atoms with van der Waals surface area (Å²) in [6.07, 6.45) is -0.188. The number of nitro benzene ring substituents is 3. The zero-order valence-electron chi connectivity index (χ0n) is 17.2. The number of hydrogen-bond acceptors (Lipinski definition) is 10. The number of carbonyl (C=O) groups excluding carboxylic acids is 2. The molecule has 1 aromatic heterocycles. The van der Waals surface area contributed by atoms with Gasteiger partial charge in [0.25, 0.3) is 23.3 Å². The van der Waals surface area contributed by atoms with Gasteiger partial charge in [-0.1, -0.05) is 0 Å². The molecule has 19 heteroatoms. The number of guanidine groups is 1. The van der Waals surface area contributed by atoms with E-state index in [9.17, 15) is 44.7 Å². The molecule has 19 nitrogen and oxygen atoms in total. The Morgan fingerprint density at radius 3 is 1.91 bits per heavy atom. The normalized spacial score (nSPS) is 9.71. The Bertz CT molecular complexity index is 1180. The van der Waals surface area contributed by atoms with E-state index in [1.165, 1.54) is 12.1 Å². The van der Waals surface area contributed by atoms with Crippen molar-refractivity contribution in [3.8, 4) is 5.75 Å². The molecule has 2 aromatic rings. The average molecular weight is 496 g/mol. The highest BCUT2D eigenvalue weighted by molar-refractivity contribution is 6.02. The number of aromatic amines is 1. The van der Waals surface area contributed by atoms with Gasteiger partial charge in [0, 0.05) is 6.54 Å². The van der Waals surface area contributed by atoms with Crippen LogP contribution in [0.25, 0.3) is 0 Å². The lowest BCUT2D eigenvalue weighted by molar-refractivity contribution is -0.404. The molecule has 0 radical (unpaired) electrons. The third-order valence-electron chi connectivity index (χ3n) is 3.67. The Morgan fingerprint density at radius 1 is 0.971 bits per heavy atom. The first-order valence-corrected chi connectivity index (χ1v) is 8.87. The van der Waals surface area contributed by atoms with Gasteiger partial charge >= 0.3 is 17.3 Å². The van der Waals surface area contributed by atoms with Crippen molar-refractivity contribution in [3.05, 3.63) is 66.0 Å². The minimum atomic E-state index is -1.21. The van der Waals surface area contributed by atoms with Crippen LogP contribution in [0.3, 0.4) is 0 Å². The van der Waals surface area contributed by atoms with E-state index in [1.807, 2.05) is 0 Å². The molecular formula is C16H16N8O11. The standard InChI is InChI=1S/C10H13N5O4.C6H3N3O7/c11-10(12)15-9(19)6-2-1-5(14-6)8(18)13-4-3-7(16)17;10-6-4(8(13)14)1-3(7(11)12)2-5(6)9(15)16/h1-2,14H,3-4H2,(H,13,18)(H,16,17)(H4,11,12,15,19);1-2,10H. The number of aromatic nitrogens is 1. The van der Waals surface area contributed by atoms with Crippen LogP contribution >= 0.6 is 0 Å². The second kappa shape index (κ2) is 11.8. The highest BCUT2D eigenvalue weighted by Crippen LogP contribution is 2.38. The van der Waals surface area contributed by atoms with Crippen molar-refractivity contribution in [3.63, 3.8) is 0 Å². The number of nitrogens with two attached hydrogens (primary N) is 2. The lowest BCUT2D eigenvalue weighted by Gasteiger charge is -2.00. The first-order chi connectivity index (χ1) is 16.2. The molecule has 186 valence electrons. The number of nitrogens with one attached hydrogen (secondary N) is 2. The van der Waals surface area contributed by atoms with Crippen LogP contribution in [-0.2, 0) is 4.79 Å². The average Bonchev–Trinajstić information content (AvgIpc) is 3.23. The molecule has 8 N–H and O–H groups in total. The topological polar surface area (TPSA) is 313 Å². The quantitative estimate of drug-likeness (QED) is 0.119. The van der Waals surface area contributed by atoms with Crippen LogP contribution in [0.1, 0.15) is 27.4 Å². The van der Waals surface area contributed by atoms with E-state index in [0.29, 0.717) is 12.1 Å². The number of phenols is 1. The Morgan fingerprint density at radius 2 is 1.49 bits per heavy atom. The minimum Gasteiger partial charge on any atom is -0.497 e. The van der Waals surface area contributed by atoms with Crippen molar-refractivity contribution in [1.82, 2.24) is 10.3 Å². The van der Waals surface area contributed by atoms with Crippen LogP contribution in [0.15, 0.2) is 29.3 Å². The van der Waals surface area contributed by atoms with Crippen LogP contribution in [-0.4, -0.2) is 60.3 Å². The molecule has 0 saturated carbocycles. The maximum atomic E-state index is 11.6. The molecule has 0 saturated heterocycles. The number of aliphatic carboxylic acids is 1. The second-order valence-corrected chi connectivity index (χ2v) is 6.13. The Labute approximate surface area is 192 Å². The number of rotatable bonds is 8. The van der Waals surface area contributed by atoms with Crippen molar-refractivity contribution in [1.29, 1.82) is 0 Å². The van der Waals surface area contributed by atoms with Crippen LogP contribution in [0.4, 0.5) is 17.1 Å². The summed E-state index contributed by atoms with van der Waals surface area (Å²) in [5.74, 6) is -3.84. The molecule has 0 spiro atoms. The monoisotopic (exact) mass is 496 g/mol. The number of non-ortho nitro benzene ring substituents is 1. The van der Waals surface area contributed by atoms with Gasteiger partial charge in [-0.05, 0) is 12.1 Å². The zero-order chi connectivity index (χ0) is 26.9. The van der Waals surface area contributed by atoms with E-state index in [1.54, 1.807) is 0 Å². The van der Waals surface area contributed by atoms with E-state index < -0.39 is 55.4 Å². The number of nitro groups is 3. The summed E-state index contributed by atoms with van der Waals surface area (Å²) in [5, 5.41) is 51.0. The lowest BCUT2D eigenvalue weighted by atomic mass is 10.2. The fourth-order valence-electron chi connectivity index (χ4n) is 2.18. The first kappa shape index (κ1) is 27.4. The summed E-state index contributed by atoms with van der Waals surface area (Å²) in [6.45, 7) is -0.00956. The van der Waals surface area contributed by atoms with Gasteiger partial charge in [0.05, 0.1) is 33.3 Å². The number of hydrogen-bond donors (Lipinski definition) is 6. The maximum Gasteiger partial charge on any atom is 0.324 e. The summed E-state index contributed by atoms with van der Waals surface area (Å²) in [5.41, 5.74) is 7.26. The van der Waals surface area contributed by atoms with Gasteiger partial charge in [-0.3, -0.25) is 44.7 Å². The van der Waals surface area contributed by atoms with Crippen LogP contribution in [0.2, 0.25) is 0 Å². The number of carboxylic acids is 1. The molecule has 1 heterocycles. The number of carbonyl (C=O) groups is 3. The SMILES string of the molecule is NC(N)=NC(=O)c1ccc(C(=O)NCCC(=O)O)[nH]1.O=[N+]([O-])c1cc([N+](=O)[O-])c(O)c([N+](=O)[O-])c1. The van der Waals surface area contributed by atoms with Gasteiger partial charge in [0.15, 0.2) is 5.96 Å².